The van der Waals surface area contributed by atoms with Gasteiger partial charge in [-0.15, -0.1) is 0 Å². The minimum absolute atomic E-state index is 0.206. The van der Waals surface area contributed by atoms with Crippen LogP contribution in [0, 0.1) is 5.41 Å². The maximum Gasteiger partial charge on any atom is 0.341 e. The Morgan fingerprint density at radius 2 is 1.89 bits per heavy atom. The maximum absolute atomic E-state index is 11.9. The van der Waals surface area contributed by atoms with Crippen molar-refractivity contribution in [2.75, 3.05) is 6.54 Å². The van der Waals surface area contributed by atoms with Gasteiger partial charge in [0.05, 0.1) is 0 Å². The fourth-order valence-corrected chi connectivity index (χ4v) is 3.40. The van der Waals surface area contributed by atoms with Crippen molar-refractivity contribution in [3.63, 3.8) is 0 Å². The quantitative estimate of drug-likeness (QED) is 0.283. The number of carbonyl (C=O) groups is 2. The lowest BCUT2D eigenvalue weighted by atomic mass is 9.72. The van der Waals surface area contributed by atoms with E-state index in [1.807, 2.05) is 13.0 Å². The van der Waals surface area contributed by atoms with E-state index in [0.29, 0.717) is 12.1 Å². The standard InChI is InChI=1S/C23H33NO3/c1-7-24-21(25)20(22(26)27)18(4)11-8-10-16(2)13-14-19-17(3)12-9-15-23(19,5)6/h8,10-11,13-14H,7,9,12,15H2,1-6H3,(H,24,25)(H,26,27)/b11-8+,14-13+,16-10+,20-18-. The topological polar surface area (TPSA) is 66.4 Å². The summed E-state index contributed by atoms with van der Waals surface area (Å²) in [6.07, 6.45) is 13.3. The monoisotopic (exact) mass is 371 g/mol. The Hall–Kier alpha value is -2.36. The summed E-state index contributed by atoms with van der Waals surface area (Å²) < 4.78 is 0. The van der Waals surface area contributed by atoms with E-state index in [0.717, 1.165) is 12.0 Å². The number of nitrogens with one attached hydrogen (secondary N) is 1. The first-order chi connectivity index (χ1) is 12.6. The van der Waals surface area contributed by atoms with Crippen molar-refractivity contribution in [3.05, 3.63) is 58.2 Å². The predicted molar refractivity (Wildman–Crippen MR) is 111 cm³/mol. The van der Waals surface area contributed by atoms with Crippen molar-refractivity contribution in [1.29, 1.82) is 0 Å². The van der Waals surface area contributed by atoms with Gasteiger partial charge in [0.2, 0.25) is 0 Å². The average molecular weight is 372 g/mol. The van der Waals surface area contributed by atoms with Gasteiger partial charge in [-0.1, -0.05) is 55.4 Å². The molecule has 1 aliphatic carbocycles. The molecule has 0 bridgehead atoms. The molecule has 0 radical (unpaired) electrons. The van der Waals surface area contributed by atoms with E-state index in [-0.39, 0.29) is 11.0 Å². The summed E-state index contributed by atoms with van der Waals surface area (Å²) in [6.45, 7) is 12.6. The molecule has 0 spiro atoms. The molecule has 1 aliphatic rings. The van der Waals surface area contributed by atoms with Gasteiger partial charge in [0, 0.05) is 6.54 Å². The Balaban J connectivity index is 2.96. The molecule has 27 heavy (non-hydrogen) atoms. The lowest BCUT2D eigenvalue weighted by Gasteiger charge is -2.32. The Kier molecular flexibility index (Phi) is 8.48. The Morgan fingerprint density at radius 3 is 2.44 bits per heavy atom. The van der Waals surface area contributed by atoms with E-state index in [1.165, 1.54) is 24.0 Å². The number of carbonyl (C=O) groups excluding carboxylic acids is 1. The van der Waals surface area contributed by atoms with Crippen LogP contribution in [0.25, 0.3) is 0 Å². The lowest BCUT2D eigenvalue weighted by molar-refractivity contribution is -0.135. The number of aliphatic carboxylic acids is 1. The SMILES string of the molecule is CCNC(=O)/C(C(=O)O)=C(C)/C=C/C=C(C)/C=C/C1=C(C)CCCC1(C)C. The van der Waals surface area contributed by atoms with Gasteiger partial charge in [-0.25, -0.2) is 4.79 Å². The van der Waals surface area contributed by atoms with E-state index in [9.17, 15) is 14.7 Å². The molecule has 0 atom stereocenters. The number of amides is 1. The second-order valence-corrected chi connectivity index (χ2v) is 7.76. The van der Waals surface area contributed by atoms with Crippen LogP contribution >= 0.6 is 0 Å². The highest BCUT2D eigenvalue weighted by atomic mass is 16.4. The molecule has 1 amide bonds. The van der Waals surface area contributed by atoms with Crippen LogP contribution in [0.2, 0.25) is 0 Å². The number of likely N-dealkylation sites (N-methyl/N-ethyl adjacent to an activating group) is 1. The summed E-state index contributed by atoms with van der Waals surface area (Å²) in [6, 6.07) is 0. The summed E-state index contributed by atoms with van der Waals surface area (Å²) in [7, 11) is 0. The minimum atomic E-state index is -1.22. The van der Waals surface area contributed by atoms with Crippen molar-refractivity contribution in [2.45, 2.75) is 60.8 Å². The molecule has 0 fully saturated rings. The van der Waals surface area contributed by atoms with Crippen molar-refractivity contribution >= 4 is 11.9 Å². The fraction of sp³-hybridized carbons (Fsp3) is 0.478. The van der Waals surface area contributed by atoms with Gasteiger partial charge in [0.15, 0.2) is 0 Å². The van der Waals surface area contributed by atoms with Crippen LogP contribution in [0.5, 0.6) is 0 Å². The number of allylic oxidation sites excluding steroid dienone is 9. The first-order valence-corrected chi connectivity index (χ1v) is 9.55. The zero-order valence-electron chi connectivity index (χ0n) is 17.5. The number of rotatable bonds is 7. The molecule has 1 rings (SSSR count). The van der Waals surface area contributed by atoms with Crippen LogP contribution in [-0.4, -0.2) is 23.5 Å². The third kappa shape index (κ3) is 6.70. The van der Waals surface area contributed by atoms with Gasteiger partial charge in [-0.05, 0) is 63.5 Å². The smallest absolute Gasteiger partial charge is 0.341 e. The number of hydrogen-bond donors (Lipinski definition) is 2. The van der Waals surface area contributed by atoms with Crippen molar-refractivity contribution < 1.29 is 14.7 Å². The molecule has 0 aromatic carbocycles. The molecule has 4 nitrogen and oxygen atoms in total. The van der Waals surface area contributed by atoms with E-state index in [2.05, 4.69) is 38.2 Å². The minimum Gasteiger partial charge on any atom is -0.477 e. The average Bonchev–Trinajstić information content (AvgIpc) is 2.53. The Labute approximate surface area is 163 Å². The Bertz CT molecular complexity index is 731. The van der Waals surface area contributed by atoms with Crippen molar-refractivity contribution in [2.24, 2.45) is 5.41 Å². The molecule has 0 saturated heterocycles. The van der Waals surface area contributed by atoms with Gasteiger partial charge < -0.3 is 10.4 Å². The Morgan fingerprint density at radius 1 is 1.22 bits per heavy atom. The number of hydrogen-bond acceptors (Lipinski definition) is 2. The predicted octanol–water partition coefficient (Wildman–Crippen LogP) is 5.11. The van der Waals surface area contributed by atoms with Gasteiger partial charge in [0.25, 0.3) is 5.91 Å². The lowest BCUT2D eigenvalue weighted by Crippen LogP contribution is -2.28. The zero-order chi connectivity index (χ0) is 20.6. The first-order valence-electron chi connectivity index (χ1n) is 9.55. The summed E-state index contributed by atoms with van der Waals surface area (Å²) in [5.41, 5.74) is 4.34. The van der Waals surface area contributed by atoms with Crippen molar-refractivity contribution in [3.8, 4) is 0 Å². The van der Waals surface area contributed by atoms with Crippen molar-refractivity contribution in [1.82, 2.24) is 5.32 Å². The third-order valence-corrected chi connectivity index (χ3v) is 4.93. The van der Waals surface area contributed by atoms with Gasteiger partial charge in [0.1, 0.15) is 5.57 Å². The fourth-order valence-electron chi connectivity index (χ4n) is 3.40. The molecule has 0 heterocycles. The normalized spacial score (nSPS) is 18.8. The maximum atomic E-state index is 11.9. The van der Waals surface area contributed by atoms with E-state index in [4.69, 9.17) is 0 Å². The van der Waals surface area contributed by atoms with E-state index >= 15 is 0 Å². The molecular weight excluding hydrogens is 338 g/mol. The molecule has 0 aromatic heterocycles. The molecule has 2 N–H and O–H groups in total. The van der Waals surface area contributed by atoms with Crippen LogP contribution in [0.1, 0.15) is 60.8 Å². The second kappa shape index (κ2) is 10.1. The molecule has 148 valence electrons. The largest absolute Gasteiger partial charge is 0.477 e. The van der Waals surface area contributed by atoms with Crippen LogP contribution < -0.4 is 5.32 Å². The van der Waals surface area contributed by atoms with Gasteiger partial charge >= 0.3 is 5.97 Å². The molecule has 0 aliphatic heterocycles. The van der Waals surface area contributed by atoms with Crippen LogP contribution in [0.15, 0.2) is 58.2 Å². The van der Waals surface area contributed by atoms with Gasteiger partial charge in [-0.2, -0.15) is 0 Å². The molecular formula is C23H33NO3. The van der Waals surface area contributed by atoms with Crippen LogP contribution in [-0.2, 0) is 9.59 Å². The highest BCUT2D eigenvalue weighted by Gasteiger charge is 2.26. The first kappa shape index (κ1) is 22.7. The summed E-state index contributed by atoms with van der Waals surface area (Å²) in [5.74, 6) is -1.78. The van der Waals surface area contributed by atoms with E-state index in [1.54, 1.807) is 26.0 Å². The van der Waals surface area contributed by atoms with E-state index < -0.39 is 11.9 Å². The summed E-state index contributed by atoms with van der Waals surface area (Å²) >= 11 is 0. The second-order valence-electron chi connectivity index (χ2n) is 7.76. The van der Waals surface area contributed by atoms with Crippen LogP contribution in [0.3, 0.4) is 0 Å². The zero-order valence-corrected chi connectivity index (χ0v) is 17.5. The summed E-state index contributed by atoms with van der Waals surface area (Å²) in [5, 5.41) is 11.8. The summed E-state index contributed by atoms with van der Waals surface area (Å²) in [4.78, 5) is 23.2. The highest BCUT2D eigenvalue weighted by molar-refractivity contribution is 6.16. The number of carboxylic acids is 1. The highest BCUT2D eigenvalue weighted by Crippen LogP contribution is 2.40. The van der Waals surface area contributed by atoms with Crippen LogP contribution in [0.4, 0.5) is 0 Å². The molecule has 0 saturated carbocycles. The molecule has 4 heteroatoms. The third-order valence-electron chi connectivity index (χ3n) is 4.93. The van der Waals surface area contributed by atoms with Gasteiger partial charge in [-0.3, -0.25) is 4.79 Å². The molecule has 0 unspecified atom stereocenters. The number of carboxylic acid groups (broad SMARTS) is 1. The molecule has 0 aromatic rings.